The first-order valence-corrected chi connectivity index (χ1v) is 11.9. The average Bonchev–Trinajstić information content (AvgIpc) is 2.81. The monoisotopic (exact) mass is 449 g/mol. The standard InChI is InChI=1S/C32H35NO/c1-31(2,3)26-12-9-23(10-13-26)30-28-15-11-24(20-25(28)16-18-33-30)29-21-27(32(4,5)6)14-8-22(29)17-19-34-7/h8-21H,1-7H3. The summed E-state index contributed by atoms with van der Waals surface area (Å²) in [4.78, 5) is 4.75. The Kier molecular flexibility index (Phi) is 6.36. The largest absolute Gasteiger partial charge is 0.504 e. The second kappa shape index (κ2) is 9.10. The molecule has 0 atom stereocenters. The van der Waals surface area contributed by atoms with Crippen molar-refractivity contribution in [2.45, 2.75) is 52.4 Å². The lowest BCUT2D eigenvalue weighted by molar-refractivity contribution is 0.341. The lowest BCUT2D eigenvalue weighted by Gasteiger charge is -2.21. The number of aromatic nitrogens is 1. The fraction of sp³-hybridized carbons (Fsp3) is 0.281. The summed E-state index contributed by atoms with van der Waals surface area (Å²) in [7, 11) is 1.68. The van der Waals surface area contributed by atoms with E-state index >= 15 is 0 Å². The lowest BCUT2D eigenvalue weighted by Crippen LogP contribution is -2.11. The highest BCUT2D eigenvalue weighted by Gasteiger charge is 2.17. The van der Waals surface area contributed by atoms with Crippen molar-refractivity contribution in [2.24, 2.45) is 0 Å². The van der Waals surface area contributed by atoms with Crippen LogP contribution in [0.2, 0.25) is 0 Å². The Hall–Kier alpha value is -3.39. The number of methoxy groups -OCH3 is 1. The first-order valence-electron chi connectivity index (χ1n) is 11.9. The van der Waals surface area contributed by atoms with Gasteiger partial charge in [-0.1, -0.05) is 96.1 Å². The van der Waals surface area contributed by atoms with Crippen LogP contribution >= 0.6 is 0 Å². The van der Waals surface area contributed by atoms with Crippen LogP contribution in [0.25, 0.3) is 39.2 Å². The van der Waals surface area contributed by atoms with Crippen molar-refractivity contribution in [3.05, 3.63) is 95.9 Å². The first kappa shape index (κ1) is 23.8. The quantitative estimate of drug-likeness (QED) is 0.290. The van der Waals surface area contributed by atoms with Crippen LogP contribution in [0.15, 0.2) is 79.2 Å². The van der Waals surface area contributed by atoms with E-state index in [1.54, 1.807) is 13.4 Å². The molecule has 0 saturated carbocycles. The summed E-state index contributed by atoms with van der Waals surface area (Å²) in [5.74, 6) is 0. The van der Waals surface area contributed by atoms with Crippen molar-refractivity contribution in [3.63, 3.8) is 0 Å². The molecule has 1 heterocycles. The van der Waals surface area contributed by atoms with Crippen molar-refractivity contribution in [1.82, 2.24) is 4.98 Å². The summed E-state index contributed by atoms with van der Waals surface area (Å²) in [6.45, 7) is 13.5. The number of fused-ring (bicyclic) bond motifs is 1. The molecule has 2 nitrogen and oxygen atoms in total. The summed E-state index contributed by atoms with van der Waals surface area (Å²) < 4.78 is 5.21. The van der Waals surface area contributed by atoms with Gasteiger partial charge in [-0.3, -0.25) is 4.98 Å². The molecule has 0 aliphatic carbocycles. The summed E-state index contributed by atoms with van der Waals surface area (Å²) in [5.41, 5.74) is 8.55. The molecule has 0 fully saturated rings. The fourth-order valence-corrected chi connectivity index (χ4v) is 4.26. The molecule has 0 aliphatic rings. The van der Waals surface area contributed by atoms with Crippen LogP contribution in [-0.2, 0) is 15.6 Å². The van der Waals surface area contributed by atoms with Crippen LogP contribution in [0.4, 0.5) is 0 Å². The van der Waals surface area contributed by atoms with Crippen molar-refractivity contribution < 1.29 is 4.74 Å². The van der Waals surface area contributed by atoms with E-state index in [1.165, 1.54) is 27.6 Å². The van der Waals surface area contributed by atoms with Crippen LogP contribution in [0, 0.1) is 0 Å². The molecule has 0 bridgehead atoms. The molecule has 0 amide bonds. The highest BCUT2D eigenvalue weighted by atomic mass is 16.5. The van der Waals surface area contributed by atoms with Crippen LogP contribution in [-0.4, -0.2) is 12.1 Å². The first-order chi connectivity index (χ1) is 16.1. The lowest BCUT2D eigenvalue weighted by atomic mass is 9.84. The number of nitrogens with zero attached hydrogens (tertiary/aromatic N) is 1. The zero-order valence-electron chi connectivity index (χ0n) is 21.4. The summed E-state index contributed by atoms with van der Waals surface area (Å²) in [6, 6.07) is 24.3. The third-order valence-electron chi connectivity index (χ3n) is 6.40. The van der Waals surface area contributed by atoms with Gasteiger partial charge in [-0.25, -0.2) is 0 Å². The van der Waals surface area contributed by atoms with Gasteiger partial charge in [0.25, 0.3) is 0 Å². The Balaban J connectivity index is 1.82. The number of hydrogen-bond acceptors (Lipinski definition) is 2. The normalized spacial score (nSPS) is 12.4. The second-order valence-corrected chi connectivity index (χ2v) is 11.0. The molecule has 4 aromatic rings. The zero-order chi connectivity index (χ0) is 24.5. The van der Waals surface area contributed by atoms with E-state index in [1.807, 2.05) is 12.3 Å². The smallest absolute Gasteiger partial charge is 0.0830 e. The van der Waals surface area contributed by atoms with E-state index in [2.05, 4.69) is 108 Å². The van der Waals surface area contributed by atoms with Gasteiger partial charge < -0.3 is 4.74 Å². The molecule has 4 rings (SSSR count). The third kappa shape index (κ3) is 4.92. The number of ether oxygens (including phenoxy) is 1. The molecule has 174 valence electrons. The molecule has 1 aromatic heterocycles. The molecule has 2 heteroatoms. The topological polar surface area (TPSA) is 22.1 Å². The van der Waals surface area contributed by atoms with Crippen molar-refractivity contribution >= 4 is 16.8 Å². The predicted octanol–water partition coefficient (Wildman–Crippen LogP) is 8.78. The van der Waals surface area contributed by atoms with Crippen LogP contribution in [0.1, 0.15) is 58.2 Å². The Morgan fingerprint density at radius 3 is 2.00 bits per heavy atom. The Morgan fingerprint density at radius 1 is 0.706 bits per heavy atom. The molecule has 0 spiro atoms. The third-order valence-corrected chi connectivity index (χ3v) is 6.40. The van der Waals surface area contributed by atoms with Gasteiger partial charge >= 0.3 is 0 Å². The van der Waals surface area contributed by atoms with E-state index in [0.717, 1.165) is 22.2 Å². The number of rotatable bonds is 4. The molecule has 0 radical (unpaired) electrons. The van der Waals surface area contributed by atoms with E-state index in [9.17, 15) is 0 Å². The number of benzene rings is 3. The number of hydrogen-bond donors (Lipinski definition) is 0. The predicted molar refractivity (Wildman–Crippen MR) is 146 cm³/mol. The molecule has 0 unspecified atom stereocenters. The van der Waals surface area contributed by atoms with Gasteiger partial charge in [0.05, 0.1) is 19.1 Å². The Bertz CT molecular complexity index is 1330. The molecule has 0 aliphatic heterocycles. The van der Waals surface area contributed by atoms with Gasteiger partial charge in [-0.05, 0) is 62.2 Å². The van der Waals surface area contributed by atoms with Crippen molar-refractivity contribution in [2.75, 3.05) is 7.11 Å². The highest BCUT2D eigenvalue weighted by Crippen LogP contribution is 2.35. The zero-order valence-corrected chi connectivity index (χ0v) is 21.4. The average molecular weight is 450 g/mol. The van der Waals surface area contributed by atoms with E-state index in [4.69, 9.17) is 9.72 Å². The molecular weight excluding hydrogens is 414 g/mol. The van der Waals surface area contributed by atoms with Crippen molar-refractivity contribution in [3.8, 4) is 22.4 Å². The molecule has 0 saturated heterocycles. The minimum Gasteiger partial charge on any atom is -0.504 e. The second-order valence-electron chi connectivity index (χ2n) is 11.0. The molecular formula is C32H35NO. The van der Waals surface area contributed by atoms with Crippen LogP contribution in [0.3, 0.4) is 0 Å². The van der Waals surface area contributed by atoms with E-state index in [-0.39, 0.29) is 10.8 Å². The van der Waals surface area contributed by atoms with Gasteiger partial charge in [-0.2, -0.15) is 0 Å². The summed E-state index contributed by atoms with van der Waals surface area (Å²) in [6.07, 6.45) is 5.68. The molecule has 0 N–H and O–H groups in total. The van der Waals surface area contributed by atoms with Gasteiger partial charge in [0.15, 0.2) is 0 Å². The SMILES string of the molecule is COC=Cc1ccc(C(C)(C)C)cc1-c1ccc2c(-c3ccc(C(C)(C)C)cc3)nccc2c1. The maximum Gasteiger partial charge on any atom is 0.0830 e. The van der Waals surface area contributed by atoms with Crippen LogP contribution in [0.5, 0.6) is 0 Å². The minimum atomic E-state index is 0.0748. The number of pyridine rings is 1. The van der Waals surface area contributed by atoms with E-state index in [0.29, 0.717) is 0 Å². The van der Waals surface area contributed by atoms with Gasteiger partial charge in [0, 0.05) is 17.1 Å². The van der Waals surface area contributed by atoms with E-state index < -0.39 is 0 Å². The molecule has 34 heavy (non-hydrogen) atoms. The van der Waals surface area contributed by atoms with Gasteiger partial charge in [0.2, 0.25) is 0 Å². The Morgan fingerprint density at radius 2 is 1.35 bits per heavy atom. The molecule has 3 aromatic carbocycles. The summed E-state index contributed by atoms with van der Waals surface area (Å²) in [5, 5.41) is 2.35. The summed E-state index contributed by atoms with van der Waals surface area (Å²) >= 11 is 0. The van der Waals surface area contributed by atoms with Crippen LogP contribution < -0.4 is 0 Å². The van der Waals surface area contributed by atoms with Gasteiger partial charge in [-0.15, -0.1) is 0 Å². The highest BCUT2D eigenvalue weighted by molar-refractivity contribution is 5.97. The van der Waals surface area contributed by atoms with Crippen molar-refractivity contribution in [1.29, 1.82) is 0 Å². The fourth-order valence-electron chi connectivity index (χ4n) is 4.26. The maximum atomic E-state index is 5.21. The van der Waals surface area contributed by atoms with Gasteiger partial charge in [0.1, 0.15) is 0 Å². The minimum absolute atomic E-state index is 0.0748. The maximum absolute atomic E-state index is 5.21. The Labute approximate surface area is 204 Å².